The van der Waals surface area contributed by atoms with Crippen LogP contribution in [0.4, 0.5) is 17.1 Å². The summed E-state index contributed by atoms with van der Waals surface area (Å²) in [6, 6.07) is 11.1. The Labute approximate surface area is 140 Å². The molecule has 6 heteroatoms. The predicted octanol–water partition coefficient (Wildman–Crippen LogP) is 5.63. The first-order chi connectivity index (χ1) is 10.0. The first-order valence-electron chi connectivity index (χ1n) is 6.10. The molecule has 0 unspecified atom stereocenters. The van der Waals surface area contributed by atoms with Gasteiger partial charge in [-0.05, 0) is 36.4 Å². The number of aromatic nitrogens is 1. The summed E-state index contributed by atoms with van der Waals surface area (Å²) < 4.78 is 0.952. The third-order valence-corrected chi connectivity index (χ3v) is 4.09. The summed E-state index contributed by atoms with van der Waals surface area (Å²) in [5.41, 5.74) is 8.96. The highest BCUT2D eigenvalue weighted by molar-refractivity contribution is 9.10. The standard InChI is InChI=1S/C15H10BrCl2N3/c16-8-1-3-13-10(5-8)15(12(19)7-20-13)21-14-4-2-9(17)6-11(14)18/h1-7H,19H2,(H,20,21). The van der Waals surface area contributed by atoms with E-state index in [0.29, 0.717) is 15.7 Å². The number of rotatable bonds is 2. The molecule has 0 fully saturated rings. The molecule has 0 bridgehead atoms. The van der Waals surface area contributed by atoms with E-state index in [1.54, 1.807) is 18.3 Å². The molecule has 1 heterocycles. The van der Waals surface area contributed by atoms with Crippen LogP contribution in [0, 0.1) is 0 Å². The molecule has 0 aliphatic heterocycles. The molecule has 3 N–H and O–H groups in total. The molecule has 0 aliphatic carbocycles. The fraction of sp³-hybridized carbons (Fsp3) is 0. The number of nitrogens with one attached hydrogen (secondary N) is 1. The summed E-state index contributed by atoms with van der Waals surface area (Å²) >= 11 is 15.6. The Hall–Kier alpha value is -1.49. The maximum absolute atomic E-state index is 6.20. The number of pyridine rings is 1. The lowest BCUT2D eigenvalue weighted by Crippen LogP contribution is -1.99. The average Bonchev–Trinajstić information content (AvgIpc) is 2.44. The zero-order valence-electron chi connectivity index (χ0n) is 10.7. The molecule has 0 radical (unpaired) electrons. The van der Waals surface area contributed by atoms with E-state index < -0.39 is 0 Å². The van der Waals surface area contributed by atoms with E-state index in [4.69, 9.17) is 28.9 Å². The van der Waals surface area contributed by atoms with Crippen LogP contribution in [0.2, 0.25) is 10.0 Å². The highest BCUT2D eigenvalue weighted by Gasteiger charge is 2.10. The van der Waals surface area contributed by atoms with E-state index in [0.717, 1.165) is 26.8 Å². The van der Waals surface area contributed by atoms with Crippen molar-refractivity contribution in [2.45, 2.75) is 0 Å². The van der Waals surface area contributed by atoms with Gasteiger partial charge in [-0.25, -0.2) is 0 Å². The summed E-state index contributed by atoms with van der Waals surface area (Å²) in [5, 5.41) is 5.29. The number of nitrogens with zero attached hydrogens (tertiary/aromatic N) is 1. The first-order valence-corrected chi connectivity index (χ1v) is 7.65. The van der Waals surface area contributed by atoms with E-state index in [2.05, 4.69) is 26.2 Å². The Morgan fingerprint density at radius 3 is 2.67 bits per heavy atom. The Balaban J connectivity index is 2.15. The molecule has 3 nitrogen and oxygen atoms in total. The highest BCUT2D eigenvalue weighted by Crippen LogP contribution is 2.35. The third-order valence-electron chi connectivity index (χ3n) is 3.05. The number of hydrogen-bond acceptors (Lipinski definition) is 3. The summed E-state index contributed by atoms with van der Waals surface area (Å²) in [6.07, 6.45) is 1.63. The van der Waals surface area contributed by atoms with Gasteiger partial charge < -0.3 is 11.1 Å². The molecule has 3 rings (SSSR count). The van der Waals surface area contributed by atoms with Crippen LogP contribution in [0.15, 0.2) is 47.1 Å². The van der Waals surface area contributed by atoms with Crippen molar-refractivity contribution >= 4 is 67.1 Å². The van der Waals surface area contributed by atoms with Gasteiger partial charge in [-0.1, -0.05) is 39.1 Å². The van der Waals surface area contributed by atoms with Gasteiger partial charge in [-0.15, -0.1) is 0 Å². The smallest absolute Gasteiger partial charge is 0.0746 e. The van der Waals surface area contributed by atoms with E-state index in [1.165, 1.54) is 0 Å². The van der Waals surface area contributed by atoms with Crippen molar-refractivity contribution in [3.8, 4) is 0 Å². The number of halogens is 3. The lowest BCUT2D eigenvalue weighted by Gasteiger charge is -2.13. The van der Waals surface area contributed by atoms with E-state index in [-0.39, 0.29) is 0 Å². The fourth-order valence-electron chi connectivity index (χ4n) is 2.05. The monoisotopic (exact) mass is 381 g/mol. The lowest BCUT2D eigenvalue weighted by atomic mass is 10.1. The molecule has 1 aromatic heterocycles. The summed E-state index contributed by atoms with van der Waals surface area (Å²) in [4.78, 5) is 4.32. The minimum Gasteiger partial charge on any atom is -0.396 e. The Morgan fingerprint density at radius 2 is 1.90 bits per heavy atom. The molecule has 2 aromatic carbocycles. The second-order valence-corrected chi connectivity index (χ2v) is 6.26. The molecule has 0 saturated carbocycles. The predicted molar refractivity (Wildman–Crippen MR) is 93.6 cm³/mol. The van der Waals surface area contributed by atoms with Gasteiger partial charge in [0.15, 0.2) is 0 Å². The van der Waals surface area contributed by atoms with Crippen LogP contribution in [0.5, 0.6) is 0 Å². The molecule has 3 aromatic rings. The Kier molecular flexibility index (Phi) is 3.93. The van der Waals surface area contributed by atoms with Crippen LogP contribution in [-0.2, 0) is 0 Å². The van der Waals surface area contributed by atoms with E-state index in [9.17, 15) is 0 Å². The zero-order chi connectivity index (χ0) is 15.0. The normalized spacial score (nSPS) is 10.8. The second kappa shape index (κ2) is 5.72. The van der Waals surface area contributed by atoms with E-state index >= 15 is 0 Å². The SMILES string of the molecule is Nc1cnc2ccc(Br)cc2c1Nc1ccc(Cl)cc1Cl. The Morgan fingerprint density at radius 1 is 1.10 bits per heavy atom. The number of hydrogen-bond donors (Lipinski definition) is 2. The largest absolute Gasteiger partial charge is 0.396 e. The minimum absolute atomic E-state index is 0.529. The molecule has 0 saturated heterocycles. The number of nitrogens with two attached hydrogens (primary N) is 1. The quantitative estimate of drug-likeness (QED) is 0.603. The summed E-state index contributed by atoms with van der Waals surface area (Å²) in [7, 11) is 0. The van der Waals surface area contributed by atoms with Crippen molar-refractivity contribution in [2.24, 2.45) is 0 Å². The van der Waals surface area contributed by atoms with Gasteiger partial charge >= 0.3 is 0 Å². The van der Waals surface area contributed by atoms with Crippen LogP contribution in [-0.4, -0.2) is 4.98 Å². The van der Waals surface area contributed by atoms with E-state index in [1.807, 2.05) is 24.3 Å². The molecule has 0 atom stereocenters. The minimum atomic E-state index is 0.529. The second-order valence-electron chi connectivity index (χ2n) is 4.50. The number of nitrogen functional groups attached to an aromatic ring is 1. The number of benzene rings is 2. The number of anilines is 3. The van der Waals surface area contributed by atoms with Gasteiger partial charge in [0.05, 0.1) is 33.8 Å². The van der Waals surface area contributed by atoms with Crippen LogP contribution >= 0.6 is 39.1 Å². The van der Waals surface area contributed by atoms with Crippen molar-refractivity contribution in [3.63, 3.8) is 0 Å². The van der Waals surface area contributed by atoms with Gasteiger partial charge in [0.25, 0.3) is 0 Å². The average molecular weight is 383 g/mol. The van der Waals surface area contributed by atoms with Crippen LogP contribution < -0.4 is 11.1 Å². The molecule has 0 amide bonds. The van der Waals surface area contributed by atoms with Crippen molar-refractivity contribution in [2.75, 3.05) is 11.1 Å². The van der Waals surface area contributed by atoms with Gasteiger partial charge in [-0.2, -0.15) is 0 Å². The van der Waals surface area contributed by atoms with Crippen molar-refractivity contribution in [3.05, 3.63) is 57.1 Å². The topological polar surface area (TPSA) is 50.9 Å². The third kappa shape index (κ3) is 2.93. The number of fused-ring (bicyclic) bond motifs is 1. The zero-order valence-corrected chi connectivity index (χ0v) is 13.8. The summed E-state index contributed by atoms with van der Waals surface area (Å²) in [5.74, 6) is 0. The van der Waals surface area contributed by atoms with Gasteiger partial charge in [-0.3, -0.25) is 4.98 Å². The summed E-state index contributed by atoms with van der Waals surface area (Å²) in [6.45, 7) is 0. The van der Waals surface area contributed by atoms with Crippen LogP contribution in [0.25, 0.3) is 10.9 Å². The molecular formula is C15H10BrCl2N3. The molecule has 106 valence electrons. The van der Waals surface area contributed by atoms with Gasteiger partial charge in [0.2, 0.25) is 0 Å². The first kappa shape index (κ1) is 14.4. The van der Waals surface area contributed by atoms with Crippen molar-refractivity contribution < 1.29 is 0 Å². The fourth-order valence-corrected chi connectivity index (χ4v) is 2.86. The molecule has 0 spiro atoms. The van der Waals surface area contributed by atoms with Gasteiger partial charge in [0.1, 0.15) is 0 Å². The van der Waals surface area contributed by atoms with Gasteiger partial charge in [0, 0.05) is 14.9 Å². The maximum atomic E-state index is 6.20. The van der Waals surface area contributed by atoms with Crippen LogP contribution in [0.1, 0.15) is 0 Å². The van der Waals surface area contributed by atoms with Crippen molar-refractivity contribution in [1.29, 1.82) is 0 Å². The van der Waals surface area contributed by atoms with Crippen LogP contribution in [0.3, 0.4) is 0 Å². The van der Waals surface area contributed by atoms with Crippen molar-refractivity contribution in [1.82, 2.24) is 4.98 Å². The molecule has 21 heavy (non-hydrogen) atoms. The molecule has 0 aliphatic rings. The highest BCUT2D eigenvalue weighted by atomic mass is 79.9. The lowest BCUT2D eigenvalue weighted by molar-refractivity contribution is 1.40. The molecular weight excluding hydrogens is 373 g/mol. The Bertz CT molecular complexity index is 831. The maximum Gasteiger partial charge on any atom is 0.0746 e.